The first-order valence-electron chi connectivity index (χ1n) is 6.53. The molecule has 0 bridgehead atoms. The van der Waals surface area contributed by atoms with E-state index < -0.39 is 23.1 Å². The highest BCUT2D eigenvalue weighted by molar-refractivity contribution is 5.76. The fraction of sp³-hybridized carbons (Fsp3) is 0.846. The number of likely N-dealkylation sites (tertiary alicyclic amines) is 1. The van der Waals surface area contributed by atoms with Crippen LogP contribution in [0.2, 0.25) is 0 Å². The number of piperidine rings is 1. The number of aliphatic carboxylic acids is 1. The van der Waals surface area contributed by atoms with E-state index in [0.29, 0.717) is 12.8 Å². The predicted octanol–water partition coefficient (Wildman–Crippen LogP) is 1.31. The maximum absolute atomic E-state index is 11.6. The number of carboxylic acids is 1. The molecule has 0 aromatic carbocycles. The second-order valence-electron chi connectivity index (χ2n) is 6.24. The quantitative estimate of drug-likeness (QED) is 0.809. The Morgan fingerprint density at radius 2 is 1.84 bits per heavy atom. The summed E-state index contributed by atoms with van der Waals surface area (Å²) in [7, 11) is 1.97. The fourth-order valence-corrected chi connectivity index (χ4v) is 2.07. The van der Waals surface area contributed by atoms with Crippen molar-refractivity contribution in [3.05, 3.63) is 0 Å². The maximum Gasteiger partial charge on any atom is 0.407 e. The van der Waals surface area contributed by atoms with Crippen molar-refractivity contribution in [2.45, 2.75) is 39.2 Å². The summed E-state index contributed by atoms with van der Waals surface area (Å²) in [6.07, 6.45) is 0.510. The van der Waals surface area contributed by atoms with E-state index >= 15 is 0 Å². The van der Waals surface area contributed by atoms with Gasteiger partial charge in [0.2, 0.25) is 0 Å². The van der Waals surface area contributed by atoms with Gasteiger partial charge < -0.3 is 20.1 Å². The molecule has 0 aromatic heterocycles. The molecule has 6 nitrogen and oxygen atoms in total. The normalized spacial score (nSPS) is 19.8. The minimum absolute atomic E-state index is 0.116. The summed E-state index contributed by atoms with van der Waals surface area (Å²) >= 11 is 0. The number of nitrogens with one attached hydrogen (secondary N) is 1. The van der Waals surface area contributed by atoms with Crippen LogP contribution in [-0.4, -0.2) is 54.4 Å². The van der Waals surface area contributed by atoms with Crippen molar-refractivity contribution in [1.82, 2.24) is 10.2 Å². The lowest BCUT2D eigenvalue weighted by Crippen LogP contribution is -2.50. The van der Waals surface area contributed by atoms with Gasteiger partial charge in [0.25, 0.3) is 0 Å². The Kier molecular flexibility index (Phi) is 4.79. The van der Waals surface area contributed by atoms with Crippen molar-refractivity contribution >= 4 is 12.1 Å². The van der Waals surface area contributed by atoms with Crippen molar-refractivity contribution < 1.29 is 19.4 Å². The van der Waals surface area contributed by atoms with E-state index in [1.807, 2.05) is 7.05 Å². The zero-order chi connectivity index (χ0) is 14.7. The SMILES string of the molecule is CN1CCC(CNC(=O)OC(C)(C)C)(C(=O)O)CC1. The van der Waals surface area contributed by atoms with Crippen molar-refractivity contribution in [3.8, 4) is 0 Å². The minimum atomic E-state index is -0.872. The van der Waals surface area contributed by atoms with Crippen LogP contribution in [0.15, 0.2) is 0 Å². The Bertz CT molecular complexity index is 341. The summed E-state index contributed by atoms with van der Waals surface area (Å²) in [5.74, 6) is -0.850. The van der Waals surface area contributed by atoms with E-state index in [4.69, 9.17) is 4.74 Å². The Balaban J connectivity index is 2.56. The minimum Gasteiger partial charge on any atom is -0.481 e. The Labute approximate surface area is 114 Å². The summed E-state index contributed by atoms with van der Waals surface area (Å²) in [5.41, 5.74) is -1.45. The molecular formula is C13H24N2O4. The van der Waals surface area contributed by atoms with E-state index in [2.05, 4.69) is 10.2 Å². The molecule has 1 heterocycles. The predicted molar refractivity (Wildman–Crippen MR) is 71.0 cm³/mol. The average molecular weight is 272 g/mol. The summed E-state index contributed by atoms with van der Waals surface area (Å²) in [5, 5.41) is 12.0. The van der Waals surface area contributed by atoms with Crippen LogP contribution in [0.3, 0.4) is 0 Å². The Morgan fingerprint density at radius 1 is 1.32 bits per heavy atom. The number of ether oxygens (including phenoxy) is 1. The topological polar surface area (TPSA) is 78.9 Å². The maximum atomic E-state index is 11.6. The highest BCUT2D eigenvalue weighted by Crippen LogP contribution is 2.30. The molecule has 0 radical (unpaired) electrons. The molecule has 1 amide bonds. The molecule has 110 valence electrons. The third-order valence-corrected chi connectivity index (χ3v) is 3.37. The van der Waals surface area contributed by atoms with Crippen LogP contribution >= 0.6 is 0 Å². The number of carbonyl (C=O) groups is 2. The smallest absolute Gasteiger partial charge is 0.407 e. The number of alkyl carbamates (subject to hydrolysis) is 1. The second-order valence-corrected chi connectivity index (χ2v) is 6.24. The van der Waals surface area contributed by atoms with Gasteiger partial charge >= 0.3 is 12.1 Å². The molecule has 6 heteroatoms. The van der Waals surface area contributed by atoms with Crippen molar-refractivity contribution in [3.63, 3.8) is 0 Å². The molecule has 1 fully saturated rings. The summed E-state index contributed by atoms with van der Waals surface area (Å²) in [6, 6.07) is 0. The van der Waals surface area contributed by atoms with Crippen molar-refractivity contribution in [2.75, 3.05) is 26.7 Å². The first-order chi connectivity index (χ1) is 8.65. The van der Waals surface area contributed by atoms with Gasteiger partial charge in [0, 0.05) is 6.54 Å². The number of hydrogen-bond donors (Lipinski definition) is 2. The van der Waals surface area contributed by atoms with Crippen LogP contribution in [0.4, 0.5) is 4.79 Å². The van der Waals surface area contributed by atoms with Crippen molar-refractivity contribution in [2.24, 2.45) is 5.41 Å². The third kappa shape index (κ3) is 4.70. The van der Waals surface area contributed by atoms with E-state index in [1.165, 1.54) is 0 Å². The Morgan fingerprint density at radius 3 is 2.26 bits per heavy atom. The highest BCUT2D eigenvalue weighted by Gasteiger charge is 2.41. The molecule has 19 heavy (non-hydrogen) atoms. The lowest BCUT2D eigenvalue weighted by atomic mass is 9.78. The van der Waals surface area contributed by atoms with Crippen molar-refractivity contribution in [1.29, 1.82) is 0 Å². The number of carboxylic acid groups (broad SMARTS) is 1. The van der Waals surface area contributed by atoms with Gasteiger partial charge in [-0.3, -0.25) is 4.79 Å². The van der Waals surface area contributed by atoms with E-state index in [1.54, 1.807) is 20.8 Å². The first kappa shape index (κ1) is 15.8. The molecule has 0 aromatic rings. The monoisotopic (exact) mass is 272 g/mol. The largest absolute Gasteiger partial charge is 0.481 e. The van der Waals surface area contributed by atoms with Gasteiger partial charge in [0.05, 0.1) is 5.41 Å². The first-order valence-corrected chi connectivity index (χ1v) is 6.53. The molecule has 0 saturated carbocycles. The molecule has 1 aliphatic rings. The van der Waals surface area contributed by atoms with Gasteiger partial charge in [-0.2, -0.15) is 0 Å². The van der Waals surface area contributed by atoms with E-state index in [0.717, 1.165) is 13.1 Å². The molecule has 0 atom stereocenters. The van der Waals surface area contributed by atoms with Crippen LogP contribution in [0.5, 0.6) is 0 Å². The summed E-state index contributed by atoms with van der Waals surface area (Å²) < 4.78 is 5.12. The zero-order valence-corrected chi connectivity index (χ0v) is 12.2. The van der Waals surface area contributed by atoms with Crippen LogP contribution in [0, 0.1) is 5.41 Å². The lowest BCUT2D eigenvalue weighted by molar-refractivity contribution is -0.151. The Hall–Kier alpha value is -1.30. The molecule has 0 aliphatic carbocycles. The van der Waals surface area contributed by atoms with Crippen LogP contribution in [-0.2, 0) is 9.53 Å². The fourth-order valence-electron chi connectivity index (χ4n) is 2.07. The van der Waals surface area contributed by atoms with Gasteiger partial charge in [-0.25, -0.2) is 4.79 Å². The van der Waals surface area contributed by atoms with Crippen LogP contribution < -0.4 is 5.32 Å². The average Bonchev–Trinajstić information content (AvgIpc) is 2.26. The highest BCUT2D eigenvalue weighted by atomic mass is 16.6. The molecule has 0 unspecified atom stereocenters. The third-order valence-electron chi connectivity index (χ3n) is 3.37. The molecular weight excluding hydrogens is 248 g/mol. The summed E-state index contributed by atoms with van der Waals surface area (Å²) in [4.78, 5) is 25.2. The van der Waals surface area contributed by atoms with Gasteiger partial charge in [0.15, 0.2) is 0 Å². The zero-order valence-electron chi connectivity index (χ0n) is 12.2. The van der Waals surface area contributed by atoms with Gasteiger partial charge in [-0.05, 0) is 53.8 Å². The number of rotatable bonds is 3. The van der Waals surface area contributed by atoms with Crippen LogP contribution in [0.25, 0.3) is 0 Å². The number of hydrogen-bond acceptors (Lipinski definition) is 4. The van der Waals surface area contributed by atoms with Gasteiger partial charge in [0.1, 0.15) is 5.60 Å². The number of amides is 1. The molecule has 1 aliphatic heterocycles. The second kappa shape index (κ2) is 5.77. The molecule has 2 N–H and O–H groups in total. The lowest BCUT2D eigenvalue weighted by Gasteiger charge is -2.37. The number of nitrogens with zero attached hydrogens (tertiary/aromatic N) is 1. The van der Waals surface area contributed by atoms with Crippen LogP contribution in [0.1, 0.15) is 33.6 Å². The van der Waals surface area contributed by atoms with E-state index in [-0.39, 0.29) is 6.54 Å². The molecule has 1 saturated heterocycles. The number of carbonyl (C=O) groups excluding carboxylic acids is 1. The summed E-state index contributed by atoms with van der Waals surface area (Å²) in [6.45, 7) is 6.88. The molecule has 1 rings (SSSR count). The van der Waals surface area contributed by atoms with Gasteiger partial charge in [-0.15, -0.1) is 0 Å². The molecule has 0 spiro atoms. The van der Waals surface area contributed by atoms with Gasteiger partial charge in [-0.1, -0.05) is 0 Å². The standard InChI is InChI=1S/C13H24N2O4/c1-12(2,3)19-11(18)14-9-13(10(16)17)5-7-15(4)8-6-13/h5-9H2,1-4H3,(H,14,18)(H,16,17). The van der Waals surface area contributed by atoms with E-state index in [9.17, 15) is 14.7 Å².